The minimum Gasteiger partial charge on any atom is -0.382 e. The van der Waals surface area contributed by atoms with Gasteiger partial charge < -0.3 is 11.1 Å². The SMILES string of the molecule is C#C/C(C)=C/CC.C=CCNc1nc(N)c(C(=O)c2cccc(C(F)(F)F)c2)s1. The van der Waals surface area contributed by atoms with Crippen molar-refractivity contribution < 1.29 is 18.0 Å². The number of aromatic nitrogens is 1. The van der Waals surface area contributed by atoms with Crippen molar-refractivity contribution in [1.29, 1.82) is 0 Å². The number of nitrogens with zero attached hydrogens (tertiary/aromatic N) is 1. The molecule has 0 fully saturated rings. The number of halogens is 3. The Balaban J connectivity index is 0.000000516. The number of carbonyl (C=O) groups excluding carboxylic acids is 1. The normalized spacial score (nSPS) is 11.1. The van der Waals surface area contributed by atoms with E-state index in [2.05, 4.69) is 29.7 Å². The number of terminal acetylenes is 1. The first-order valence-corrected chi connectivity index (χ1v) is 9.42. The highest BCUT2D eigenvalue weighted by atomic mass is 32.1. The summed E-state index contributed by atoms with van der Waals surface area (Å²) in [5.41, 5.74) is 5.73. The minimum atomic E-state index is -4.51. The Morgan fingerprint density at radius 2 is 2.14 bits per heavy atom. The third-order valence-electron chi connectivity index (χ3n) is 3.45. The van der Waals surface area contributed by atoms with Gasteiger partial charge in [-0.3, -0.25) is 4.79 Å². The molecule has 0 radical (unpaired) electrons. The molecule has 0 atom stereocenters. The van der Waals surface area contributed by atoms with Crippen LogP contribution in [0.15, 0.2) is 48.6 Å². The van der Waals surface area contributed by atoms with Crippen LogP contribution < -0.4 is 11.1 Å². The van der Waals surface area contributed by atoms with Gasteiger partial charge in [0, 0.05) is 12.1 Å². The molecular formula is C21H22F3N3OS. The molecule has 3 N–H and O–H groups in total. The Morgan fingerprint density at radius 3 is 2.66 bits per heavy atom. The van der Waals surface area contributed by atoms with Crippen molar-refractivity contribution in [1.82, 2.24) is 4.98 Å². The smallest absolute Gasteiger partial charge is 0.382 e. The van der Waals surface area contributed by atoms with Crippen LogP contribution in [0, 0.1) is 12.3 Å². The van der Waals surface area contributed by atoms with Crippen LogP contribution >= 0.6 is 11.3 Å². The number of anilines is 2. The first-order valence-electron chi connectivity index (χ1n) is 8.60. The number of carbonyl (C=O) groups is 1. The molecule has 4 nitrogen and oxygen atoms in total. The number of allylic oxidation sites excluding steroid dienone is 2. The van der Waals surface area contributed by atoms with Crippen molar-refractivity contribution in [2.45, 2.75) is 26.4 Å². The highest BCUT2D eigenvalue weighted by Crippen LogP contribution is 2.32. The zero-order valence-electron chi connectivity index (χ0n) is 16.1. The van der Waals surface area contributed by atoms with Crippen LogP contribution in [0.5, 0.6) is 0 Å². The van der Waals surface area contributed by atoms with Crippen LogP contribution in [-0.4, -0.2) is 17.3 Å². The molecule has 1 heterocycles. The van der Waals surface area contributed by atoms with E-state index in [4.69, 9.17) is 12.2 Å². The Labute approximate surface area is 172 Å². The Bertz CT molecular complexity index is 924. The lowest BCUT2D eigenvalue weighted by Crippen LogP contribution is -2.08. The molecule has 0 saturated carbocycles. The molecule has 0 unspecified atom stereocenters. The lowest BCUT2D eigenvalue weighted by Gasteiger charge is -2.07. The van der Waals surface area contributed by atoms with Crippen molar-refractivity contribution in [3.63, 3.8) is 0 Å². The number of thiazole rings is 1. The molecule has 0 bridgehead atoms. The van der Waals surface area contributed by atoms with Crippen molar-refractivity contribution >= 4 is 28.1 Å². The molecular weight excluding hydrogens is 399 g/mol. The summed E-state index contributed by atoms with van der Waals surface area (Å²) in [5.74, 6) is 1.92. The van der Waals surface area contributed by atoms with Crippen molar-refractivity contribution in [2.75, 3.05) is 17.6 Å². The van der Waals surface area contributed by atoms with Gasteiger partial charge in [0.1, 0.15) is 10.7 Å². The average molecular weight is 421 g/mol. The summed E-state index contributed by atoms with van der Waals surface area (Å²) in [4.78, 5) is 16.4. The number of rotatable bonds is 6. The monoisotopic (exact) mass is 421 g/mol. The second-order valence-electron chi connectivity index (χ2n) is 5.75. The minimum absolute atomic E-state index is 0.0148. The number of nitrogens with one attached hydrogen (secondary N) is 1. The van der Waals surface area contributed by atoms with E-state index in [-0.39, 0.29) is 16.3 Å². The lowest BCUT2D eigenvalue weighted by atomic mass is 10.1. The van der Waals surface area contributed by atoms with E-state index in [9.17, 15) is 18.0 Å². The van der Waals surface area contributed by atoms with Crippen LogP contribution in [0.4, 0.5) is 24.1 Å². The molecule has 8 heteroatoms. The van der Waals surface area contributed by atoms with Gasteiger partial charge in [-0.05, 0) is 31.1 Å². The molecule has 0 aliphatic carbocycles. The van der Waals surface area contributed by atoms with E-state index in [0.29, 0.717) is 11.7 Å². The van der Waals surface area contributed by atoms with Crippen molar-refractivity contribution in [3.05, 3.63) is 64.6 Å². The Hall–Kier alpha value is -3.05. The third-order valence-corrected chi connectivity index (χ3v) is 4.47. The average Bonchev–Trinajstić information content (AvgIpc) is 3.06. The van der Waals surface area contributed by atoms with E-state index >= 15 is 0 Å². The van der Waals surface area contributed by atoms with Gasteiger partial charge in [0.15, 0.2) is 5.13 Å². The fraction of sp³-hybridized carbons (Fsp3) is 0.238. The highest BCUT2D eigenvalue weighted by molar-refractivity contribution is 7.18. The van der Waals surface area contributed by atoms with Gasteiger partial charge in [-0.15, -0.1) is 13.0 Å². The molecule has 2 rings (SSSR count). The quantitative estimate of drug-likeness (QED) is 0.365. The van der Waals surface area contributed by atoms with Gasteiger partial charge in [-0.25, -0.2) is 4.98 Å². The Kier molecular flexibility index (Phi) is 9.16. The van der Waals surface area contributed by atoms with E-state index < -0.39 is 17.5 Å². The first-order chi connectivity index (χ1) is 13.6. The summed E-state index contributed by atoms with van der Waals surface area (Å²) in [5, 5.41) is 3.28. The molecule has 0 saturated heterocycles. The van der Waals surface area contributed by atoms with Gasteiger partial charge in [0.05, 0.1) is 5.56 Å². The summed E-state index contributed by atoms with van der Waals surface area (Å²) in [6.45, 7) is 7.97. The fourth-order valence-electron chi connectivity index (χ4n) is 2.06. The number of nitrogens with two attached hydrogens (primary N) is 1. The fourth-order valence-corrected chi connectivity index (χ4v) is 2.92. The maximum Gasteiger partial charge on any atom is 0.416 e. The maximum absolute atomic E-state index is 12.7. The van der Waals surface area contributed by atoms with Gasteiger partial charge in [0.2, 0.25) is 5.78 Å². The van der Waals surface area contributed by atoms with Gasteiger partial charge in [-0.1, -0.05) is 48.5 Å². The number of hydrogen-bond acceptors (Lipinski definition) is 5. The lowest BCUT2D eigenvalue weighted by molar-refractivity contribution is -0.137. The summed E-state index contributed by atoms with van der Waals surface area (Å²) >= 11 is 0.990. The maximum atomic E-state index is 12.7. The van der Waals surface area contributed by atoms with E-state index in [1.54, 1.807) is 6.08 Å². The number of benzene rings is 1. The topological polar surface area (TPSA) is 68.0 Å². The second-order valence-corrected chi connectivity index (χ2v) is 6.75. The molecule has 1 aromatic heterocycles. The van der Waals surface area contributed by atoms with Gasteiger partial charge >= 0.3 is 6.18 Å². The van der Waals surface area contributed by atoms with Gasteiger partial charge in [0.25, 0.3) is 0 Å². The standard InChI is InChI=1S/C14H12F3N3OS.C7H10/c1-2-6-19-13-20-12(18)11(22-13)10(21)8-4-3-5-9(7-8)14(15,16)17;1-4-6-7(3)5-2/h2-5,7H,1,6,18H2,(H,19,20);2,6H,4H2,1,3H3/b;7-6+. The summed E-state index contributed by atoms with van der Waals surface area (Å²) < 4.78 is 38.1. The number of hydrogen-bond donors (Lipinski definition) is 2. The predicted octanol–water partition coefficient (Wildman–Crippen LogP) is 5.55. The van der Waals surface area contributed by atoms with Gasteiger partial charge in [-0.2, -0.15) is 13.2 Å². The molecule has 0 aliphatic heterocycles. The molecule has 29 heavy (non-hydrogen) atoms. The summed E-state index contributed by atoms with van der Waals surface area (Å²) in [6.07, 6.45) is 5.20. The summed E-state index contributed by atoms with van der Waals surface area (Å²) in [7, 11) is 0. The molecule has 0 amide bonds. The zero-order valence-corrected chi connectivity index (χ0v) is 17.0. The first kappa shape index (κ1) is 24.0. The highest BCUT2D eigenvalue weighted by Gasteiger charge is 2.31. The largest absolute Gasteiger partial charge is 0.416 e. The van der Waals surface area contributed by atoms with Crippen molar-refractivity contribution in [3.8, 4) is 12.3 Å². The molecule has 154 valence electrons. The van der Waals surface area contributed by atoms with Crippen LogP contribution in [0.25, 0.3) is 0 Å². The van der Waals surface area contributed by atoms with Crippen LogP contribution in [0.2, 0.25) is 0 Å². The third kappa shape index (κ3) is 7.47. The van der Waals surface area contributed by atoms with Crippen molar-refractivity contribution in [2.24, 2.45) is 0 Å². The molecule has 0 aliphatic rings. The van der Waals surface area contributed by atoms with E-state index in [1.807, 2.05) is 13.0 Å². The van der Waals surface area contributed by atoms with Crippen LogP contribution in [-0.2, 0) is 6.18 Å². The molecule has 0 spiro atoms. The number of nitrogen functional groups attached to an aromatic ring is 1. The molecule has 2 aromatic rings. The van der Waals surface area contributed by atoms with Crippen LogP contribution in [0.3, 0.4) is 0 Å². The van der Waals surface area contributed by atoms with E-state index in [0.717, 1.165) is 35.5 Å². The second kappa shape index (κ2) is 11.1. The summed E-state index contributed by atoms with van der Waals surface area (Å²) in [6, 6.07) is 4.21. The number of ketones is 1. The number of alkyl halides is 3. The Morgan fingerprint density at radius 1 is 1.45 bits per heavy atom. The zero-order chi connectivity index (χ0) is 22.0. The predicted molar refractivity (Wildman–Crippen MR) is 113 cm³/mol. The van der Waals surface area contributed by atoms with E-state index in [1.165, 1.54) is 12.1 Å². The molecule has 1 aromatic carbocycles. The van der Waals surface area contributed by atoms with Crippen LogP contribution in [0.1, 0.15) is 41.1 Å².